The van der Waals surface area contributed by atoms with Gasteiger partial charge >= 0.3 is 12.0 Å². The number of urea groups is 1. The van der Waals surface area contributed by atoms with Crippen LogP contribution >= 0.6 is 0 Å². The highest BCUT2D eigenvalue weighted by Gasteiger charge is 2.19. The second-order valence-corrected chi connectivity index (χ2v) is 9.95. The third-order valence-corrected chi connectivity index (χ3v) is 6.68. The molecule has 0 bridgehead atoms. The molecule has 0 aliphatic heterocycles. The van der Waals surface area contributed by atoms with Gasteiger partial charge in [0.25, 0.3) is 0 Å². The monoisotopic (exact) mass is 595 g/mol. The van der Waals surface area contributed by atoms with E-state index < -0.39 is 18.0 Å². The SMILES string of the molecule is COc1cc(CC(=O)Nc2ccc(C(CC(=O)O)NCC(=O)c3ccccc3)nc2)ccc1NC(=O)Nc1ccccc1C. The topological polar surface area (TPSA) is 159 Å². The van der Waals surface area contributed by atoms with Gasteiger partial charge in [0, 0.05) is 11.3 Å². The minimum absolute atomic E-state index is 0.0264. The number of anilines is 3. The van der Waals surface area contributed by atoms with Gasteiger partial charge in [0.2, 0.25) is 5.91 Å². The molecule has 1 heterocycles. The maximum Gasteiger partial charge on any atom is 0.323 e. The number of nitrogens with one attached hydrogen (secondary N) is 4. The van der Waals surface area contributed by atoms with E-state index in [0.717, 1.165) is 5.56 Å². The van der Waals surface area contributed by atoms with Crippen LogP contribution in [0.2, 0.25) is 0 Å². The number of carboxylic acids is 1. The lowest BCUT2D eigenvalue weighted by molar-refractivity contribution is -0.137. The minimum atomic E-state index is -1.04. The summed E-state index contributed by atoms with van der Waals surface area (Å²) >= 11 is 0. The first kappa shape index (κ1) is 31.4. The summed E-state index contributed by atoms with van der Waals surface area (Å²) in [6.45, 7) is 1.84. The van der Waals surface area contributed by atoms with Crippen LogP contribution in [0.5, 0.6) is 5.75 Å². The summed E-state index contributed by atoms with van der Waals surface area (Å²) in [4.78, 5) is 53.5. The van der Waals surface area contributed by atoms with Crippen LogP contribution in [0.1, 0.15) is 39.6 Å². The Morgan fingerprint density at radius 2 is 1.59 bits per heavy atom. The van der Waals surface area contributed by atoms with Gasteiger partial charge in [0.15, 0.2) is 5.78 Å². The van der Waals surface area contributed by atoms with E-state index in [9.17, 15) is 24.3 Å². The number of carbonyl (C=O) groups excluding carboxylic acids is 3. The van der Waals surface area contributed by atoms with Crippen molar-refractivity contribution in [3.05, 3.63) is 114 Å². The van der Waals surface area contributed by atoms with E-state index in [1.54, 1.807) is 60.7 Å². The van der Waals surface area contributed by atoms with Crippen molar-refractivity contribution < 1.29 is 29.0 Å². The zero-order valence-electron chi connectivity index (χ0n) is 24.3. The van der Waals surface area contributed by atoms with Gasteiger partial charge in [0.1, 0.15) is 5.75 Å². The number of hydrogen-bond donors (Lipinski definition) is 5. The molecule has 11 nitrogen and oxygen atoms in total. The average molecular weight is 596 g/mol. The third-order valence-electron chi connectivity index (χ3n) is 6.68. The Labute approximate surface area is 254 Å². The summed E-state index contributed by atoms with van der Waals surface area (Å²) in [7, 11) is 1.47. The van der Waals surface area contributed by atoms with Crippen molar-refractivity contribution in [2.24, 2.45) is 0 Å². The maximum absolute atomic E-state index is 12.8. The molecule has 0 saturated heterocycles. The van der Waals surface area contributed by atoms with Crippen LogP contribution < -0.4 is 26.0 Å². The van der Waals surface area contributed by atoms with Crippen molar-refractivity contribution in [2.45, 2.75) is 25.8 Å². The van der Waals surface area contributed by atoms with Crippen LogP contribution in [0.3, 0.4) is 0 Å². The van der Waals surface area contributed by atoms with E-state index in [2.05, 4.69) is 26.3 Å². The van der Waals surface area contributed by atoms with E-state index in [4.69, 9.17) is 4.74 Å². The highest BCUT2D eigenvalue weighted by atomic mass is 16.5. The Balaban J connectivity index is 1.34. The fraction of sp³-hybridized carbons (Fsp3) is 0.182. The molecule has 1 aromatic heterocycles. The van der Waals surface area contributed by atoms with Crippen LogP contribution in [0.15, 0.2) is 91.1 Å². The molecule has 0 radical (unpaired) electrons. The van der Waals surface area contributed by atoms with E-state index in [0.29, 0.717) is 39.6 Å². The van der Waals surface area contributed by atoms with Crippen molar-refractivity contribution in [1.29, 1.82) is 0 Å². The Hall–Kier alpha value is -5.55. The predicted octanol–water partition coefficient (Wildman–Crippen LogP) is 5.21. The maximum atomic E-state index is 12.8. The second kappa shape index (κ2) is 15.1. The fourth-order valence-corrected chi connectivity index (χ4v) is 4.41. The second-order valence-electron chi connectivity index (χ2n) is 9.95. The molecule has 4 aromatic rings. The molecule has 0 aliphatic carbocycles. The van der Waals surface area contributed by atoms with Gasteiger partial charge in [-0.25, -0.2) is 4.79 Å². The first-order valence-corrected chi connectivity index (χ1v) is 13.8. The number of aliphatic carboxylic acids is 1. The molecule has 1 unspecified atom stereocenters. The first-order chi connectivity index (χ1) is 21.2. The number of methoxy groups -OCH3 is 1. The van der Waals surface area contributed by atoms with Crippen molar-refractivity contribution >= 4 is 40.8 Å². The van der Waals surface area contributed by atoms with Gasteiger partial charge in [-0.1, -0.05) is 54.6 Å². The minimum Gasteiger partial charge on any atom is -0.495 e. The van der Waals surface area contributed by atoms with Crippen LogP contribution in [-0.2, 0) is 16.0 Å². The third kappa shape index (κ3) is 8.97. The number of carboxylic acid groups (broad SMARTS) is 1. The molecule has 5 N–H and O–H groups in total. The van der Waals surface area contributed by atoms with Gasteiger partial charge in [-0.05, 0) is 48.4 Å². The fourth-order valence-electron chi connectivity index (χ4n) is 4.41. The van der Waals surface area contributed by atoms with E-state index in [-0.39, 0.29) is 31.1 Å². The Kier molecular flexibility index (Phi) is 10.8. The average Bonchev–Trinajstić information content (AvgIpc) is 3.01. The number of ether oxygens (including phenoxy) is 1. The number of aryl methyl sites for hydroxylation is 1. The summed E-state index contributed by atoms with van der Waals surface area (Å²) in [6, 6.07) is 23.3. The highest BCUT2D eigenvalue weighted by Crippen LogP contribution is 2.27. The zero-order chi connectivity index (χ0) is 31.5. The number of benzene rings is 3. The lowest BCUT2D eigenvalue weighted by Gasteiger charge is -2.17. The standard InChI is InChI=1S/C33H33N5O6/c1-21-8-6-7-11-25(21)37-33(43)38-27-14-12-22(16-30(27)44-2)17-31(40)36-24-13-15-26(34-19-24)28(18-32(41)42)35-20-29(39)23-9-4-3-5-10-23/h3-16,19,28,35H,17-18,20H2,1-2H3,(H,36,40)(H,41,42)(H2,37,38,43). The molecule has 44 heavy (non-hydrogen) atoms. The van der Waals surface area contributed by atoms with Gasteiger partial charge in [-0.15, -0.1) is 0 Å². The van der Waals surface area contributed by atoms with Crippen LogP contribution in [0.25, 0.3) is 0 Å². The van der Waals surface area contributed by atoms with E-state index in [1.165, 1.54) is 13.3 Å². The van der Waals surface area contributed by atoms with Gasteiger partial charge in [-0.2, -0.15) is 0 Å². The number of aromatic nitrogens is 1. The molecule has 1 atom stereocenters. The summed E-state index contributed by atoms with van der Waals surface area (Å²) in [5.41, 5.74) is 4.07. The van der Waals surface area contributed by atoms with E-state index >= 15 is 0 Å². The number of carbonyl (C=O) groups is 4. The molecule has 11 heteroatoms. The number of Topliss-reactive ketones (excluding diaryl/α,β-unsaturated/α-hetero) is 1. The zero-order valence-corrected chi connectivity index (χ0v) is 24.3. The number of ketones is 1. The number of amides is 3. The van der Waals surface area contributed by atoms with Crippen LogP contribution in [0.4, 0.5) is 21.9 Å². The van der Waals surface area contributed by atoms with Crippen LogP contribution in [-0.4, -0.2) is 47.4 Å². The smallest absolute Gasteiger partial charge is 0.323 e. The Morgan fingerprint density at radius 3 is 2.27 bits per heavy atom. The lowest BCUT2D eigenvalue weighted by Crippen LogP contribution is -2.30. The number of rotatable bonds is 13. The molecular weight excluding hydrogens is 562 g/mol. The van der Waals surface area contributed by atoms with E-state index in [1.807, 2.05) is 31.2 Å². The van der Waals surface area contributed by atoms with Crippen molar-refractivity contribution in [2.75, 3.05) is 29.6 Å². The van der Waals surface area contributed by atoms with Crippen molar-refractivity contribution in [1.82, 2.24) is 10.3 Å². The number of pyridine rings is 1. The summed E-state index contributed by atoms with van der Waals surface area (Å²) in [5, 5.41) is 20.7. The predicted molar refractivity (Wildman–Crippen MR) is 167 cm³/mol. The van der Waals surface area contributed by atoms with Crippen molar-refractivity contribution in [3.8, 4) is 5.75 Å². The van der Waals surface area contributed by atoms with Crippen molar-refractivity contribution in [3.63, 3.8) is 0 Å². The van der Waals surface area contributed by atoms with Crippen LogP contribution in [0, 0.1) is 6.92 Å². The van der Waals surface area contributed by atoms with Gasteiger partial charge in [-0.3, -0.25) is 19.4 Å². The number of para-hydroxylation sites is 1. The molecule has 0 spiro atoms. The molecular formula is C33H33N5O6. The molecule has 4 rings (SSSR count). The molecule has 226 valence electrons. The molecule has 0 saturated carbocycles. The normalized spacial score (nSPS) is 11.2. The molecule has 0 aliphatic rings. The Bertz CT molecular complexity index is 1630. The highest BCUT2D eigenvalue weighted by molar-refractivity contribution is 6.01. The number of nitrogens with zero attached hydrogens (tertiary/aromatic N) is 1. The lowest BCUT2D eigenvalue weighted by atomic mass is 10.1. The van der Waals surface area contributed by atoms with Gasteiger partial charge < -0.3 is 31.1 Å². The quantitative estimate of drug-likeness (QED) is 0.132. The molecule has 3 aromatic carbocycles. The summed E-state index contributed by atoms with van der Waals surface area (Å²) < 4.78 is 5.43. The Morgan fingerprint density at radius 1 is 0.864 bits per heavy atom. The summed E-state index contributed by atoms with van der Waals surface area (Å²) in [5.74, 6) is -1.13. The largest absolute Gasteiger partial charge is 0.495 e. The summed E-state index contributed by atoms with van der Waals surface area (Å²) in [6.07, 6.45) is 1.18. The first-order valence-electron chi connectivity index (χ1n) is 13.8. The van der Waals surface area contributed by atoms with Gasteiger partial charge in [0.05, 0.1) is 55.8 Å². The number of hydrogen-bond acceptors (Lipinski definition) is 7. The molecule has 3 amide bonds. The molecule has 0 fully saturated rings.